The summed E-state index contributed by atoms with van der Waals surface area (Å²) >= 11 is 0. The van der Waals surface area contributed by atoms with Gasteiger partial charge in [0, 0.05) is 36.1 Å². The number of hydrogen-bond donors (Lipinski definition) is 2. The lowest BCUT2D eigenvalue weighted by Crippen LogP contribution is -2.15. The van der Waals surface area contributed by atoms with Crippen LogP contribution >= 0.6 is 0 Å². The van der Waals surface area contributed by atoms with E-state index in [1.165, 1.54) is 5.56 Å². The topological polar surface area (TPSA) is 64.7 Å². The van der Waals surface area contributed by atoms with Gasteiger partial charge in [-0.3, -0.25) is 0 Å². The van der Waals surface area contributed by atoms with Crippen LogP contribution in [-0.4, -0.2) is 23.9 Å². The zero-order chi connectivity index (χ0) is 13.7. The summed E-state index contributed by atoms with van der Waals surface area (Å²) in [6.07, 6.45) is 1.31. The molecule has 3 unspecified atom stereocenters. The summed E-state index contributed by atoms with van der Waals surface area (Å²) < 4.78 is 11.9. The van der Waals surface area contributed by atoms with Crippen molar-refractivity contribution < 1.29 is 14.6 Å². The summed E-state index contributed by atoms with van der Waals surface area (Å²) in [4.78, 5) is 0. The van der Waals surface area contributed by atoms with Crippen LogP contribution in [0, 0.1) is 6.92 Å². The van der Waals surface area contributed by atoms with Gasteiger partial charge in [0.2, 0.25) is 0 Å². The predicted octanol–water partition coefficient (Wildman–Crippen LogP) is 1.63. The lowest BCUT2D eigenvalue weighted by Gasteiger charge is -2.19. The van der Waals surface area contributed by atoms with Gasteiger partial charge in [0.25, 0.3) is 0 Å². The first kappa shape index (κ1) is 12.8. The molecule has 0 spiro atoms. The highest BCUT2D eigenvalue weighted by Gasteiger charge is 2.35. The van der Waals surface area contributed by atoms with E-state index in [-0.39, 0.29) is 18.8 Å². The molecule has 2 aliphatic rings. The number of fused-ring (bicyclic) bond motifs is 2. The maximum atomic E-state index is 10.3. The molecule has 2 aliphatic heterocycles. The van der Waals surface area contributed by atoms with Gasteiger partial charge in [-0.15, -0.1) is 0 Å². The normalized spacial score (nSPS) is 25.5. The fraction of sp³-hybridized carbons (Fsp3) is 0.600. The second-order valence-corrected chi connectivity index (χ2v) is 5.67. The highest BCUT2D eigenvalue weighted by molar-refractivity contribution is 5.62. The summed E-state index contributed by atoms with van der Waals surface area (Å²) in [5.41, 5.74) is 9.91. The molecule has 0 aromatic heterocycles. The summed E-state index contributed by atoms with van der Waals surface area (Å²) in [6, 6.07) is 0. The van der Waals surface area contributed by atoms with E-state index in [9.17, 15) is 5.11 Å². The standard InChI is InChI=1S/C15H21NO3/c1-7-4-10-9(3)14-11(5-8(2)18-14)13(12(17)6-16)15(10)19-7/h7-8,12,17H,4-6,16H2,1-3H3. The first-order valence-corrected chi connectivity index (χ1v) is 6.92. The van der Waals surface area contributed by atoms with Crippen LogP contribution in [0.5, 0.6) is 11.5 Å². The Bertz CT molecular complexity index is 488. The van der Waals surface area contributed by atoms with Gasteiger partial charge in [-0.05, 0) is 26.3 Å². The van der Waals surface area contributed by atoms with Crippen LogP contribution in [0.3, 0.4) is 0 Å². The molecule has 0 amide bonds. The third-order valence-corrected chi connectivity index (χ3v) is 4.09. The Labute approximate surface area is 113 Å². The zero-order valence-electron chi connectivity index (χ0n) is 11.7. The zero-order valence-corrected chi connectivity index (χ0v) is 11.7. The maximum Gasteiger partial charge on any atom is 0.129 e. The first-order valence-electron chi connectivity index (χ1n) is 6.92. The molecule has 3 N–H and O–H groups in total. The molecule has 0 saturated carbocycles. The molecule has 4 heteroatoms. The van der Waals surface area contributed by atoms with Crippen molar-refractivity contribution in [2.45, 2.75) is 51.9 Å². The van der Waals surface area contributed by atoms with Gasteiger partial charge in [0.05, 0.1) is 6.10 Å². The van der Waals surface area contributed by atoms with E-state index < -0.39 is 6.10 Å². The molecule has 3 rings (SSSR count). The smallest absolute Gasteiger partial charge is 0.129 e. The van der Waals surface area contributed by atoms with Crippen LogP contribution in [-0.2, 0) is 12.8 Å². The summed E-state index contributed by atoms with van der Waals surface area (Å²) in [5, 5.41) is 10.3. The number of aliphatic hydroxyl groups is 1. The van der Waals surface area contributed by atoms with Crippen LogP contribution < -0.4 is 15.2 Å². The molecule has 104 valence electrons. The van der Waals surface area contributed by atoms with E-state index in [0.29, 0.717) is 0 Å². The van der Waals surface area contributed by atoms with Crippen molar-refractivity contribution in [3.63, 3.8) is 0 Å². The second kappa shape index (κ2) is 4.39. The Morgan fingerprint density at radius 2 is 1.74 bits per heavy atom. The molecule has 0 fully saturated rings. The molecule has 1 aromatic carbocycles. The van der Waals surface area contributed by atoms with Crippen molar-refractivity contribution in [2.24, 2.45) is 5.73 Å². The third-order valence-electron chi connectivity index (χ3n) is 4.09. The van der Waals surface area contributed by atoms with Gasteiger partial charge >= 0.3 is 0 Å². The monoisotopic (exact) mass is 263 g/mol. The molecule has 0 bridgehead atoms. The molecule has 1 aromatic rings. The molecule has 0 radical (unpaired) electrons. The number of benzene rings is 1. The largest absolute Gasteiger partial charge is 0.490 e. The van der Waals surface area contributed by atoms with Crippen molar-refractivity contribution in [3.05, 3.63) is 22.3 Å². The lowest BCUT2D eigenvalue weighted by molar-refractivity contribution is 0.175. The Morgan fingerprint density at radius 3 is 2.37 bits per heavy atom. The fourth-order valence-corrected chi connectivity index (χ4v) is 3.23. The van der Waals surface area contributed by atoms with Crippen molar-refractivity contribution in [1.29, 1.82) is 0 Å². The molecule has 4 nitrogen and oxygen atoms in total. The summed E-state index contributed by atoms with van der Waals surface area (Å²) in [5.74, 6) is 1.78. The number of ether oxygens (including phenoxy) is 2. The van der Waals surface area contributed by atoms with Gasteiger partial charge in [-0.1, -0.05) is 0 Å². The molecule has 19 heavy (non-hydrogen) atoms. The molecule has 2 heterocycles. The van der Waals surface area contributed by atoms with Crippen molar-refractivity contribution in [3.8, 4) is 11.5 Å². The van der Waals surface area contributed by atoms with Crippen molar-refractivity contribution >= 4 is 0 Å². The van der Waals surface area contributed by atoms with Gasteiger partial charge < -0.3 is 20.3 Å². The minimum Gasteiger partial charge on any atom is -0.490 e. The fourth-order valence-electron chi connectivity index (χ4n) is 3.23. The number of hydrogen-bond acceptors (Lipinski definition) is 4. The van der Waals surface area contributed by atoms with E-state index in [4.69, 9.17) is 15.2 Å². The average Bonchev–Trinajstić information content (AvgIpc) is 2.92. The molecular formula is C15H21NO3. The number of aliphatic hydroxyl groups excluding tert-OH is 1. The van der Waals surface area contributed by atoms with Crippen LogP contribution in [0.1, 0.15) is 42.2 Å². The molecule has 0 aliphatic carbocycles. The van der Waals surface area contributed by atoms with Gasteiger partial charge in [0.1, 0.15) is 23.7 Å². The molecule has 3 atom stereocenters. The van der Waals surface area contributed by atoms with Crippen LogP contribution in [0.4, 0.5) is 0 Å². The van der Waals surface area contributed by atoms with E-state index in [2.05, 4.69) is 6.92 Å². The van der Waals surface area contributed by atoms with E-state index >= 15 is 0 Å². The third kappa shape index (κ3) is 1.82. The number of nitrogens with two attached hydrogens (primary N) is 1. The minimum absolute atomic E-state index is 0.150. The lowest BCUT2D eigenvalue weighted by atomic mass is 9.91. The first-order chi connectivity index (χ1) is 9.02. The quantitative estimate of drug-likeness (QED) is 0.851. The van der Waals surface area contributed by atoms with Gasteiger partial charge in [-0.2, -0.15) is 0 Å². The van der Waals surface area contributed by atoms with Crippen LogP contribution in [0.2, 0.25) is 0 Å². The van der Waals surface area contributed by atoms with E-state index in [1.54, 1.807) is 0 Å². The highest BCUT2D eigenvalue weighted by atomic mass is 16.5. The second-order valence-electron chi connectivity index (χ2n) is 5.67. The van der Waals surface area contributed by atoms with Crippen molar-refractivity contribution in [1.82, 2.24) is 0 Å². The Balaban J connectivity index is 2.23. The highest BCUT2D eigenvalue weighted by Crippen LogP contribution is 2.48. The average molecular weight is 263 g/mol. The Kier molecular flexibility index (Phi) is 2.95. The maximum absolute atomic E-state index is 10.3. The van der Waals surface area contributed by atoms with E-state index in [1.807, 2.05) is 13.8 Å². The van der Waals surface area contributed by atoms with Crippen LogP contribution in [0.25, 0.3) is 0 Å². The summed E-state index contributed by atoms with van der Waals surface area (Å²) in [7, 11) is 0. The van der Waals surface area contributed by atoms with Crippen LogP contribution in [0.15, 0.2) is 0 Å². The Hall–Kier alpha value is -1.26. The number of rotatable bonds is 2. The minimum atomic E-state index is -0.678. The molecular weight excluding hydrogens is 242 g/mol. The Morgan fingerprint density at radius 1 is 1.16 bits per heavy atom. The van der Waals surface area contributed by atoms with Gasteiger partial charge in [0.15, 0.2) is 0 Å². The molecule has 0 saturated heterocycles. The van der Waals surface area contributed by atoms with Gasteiger partial charge in [-0.25, -0.2) is 0 Å². The van der Waals surface area contributed by atoms with Crippen molar-refractivity contribution in [2.75, 3.05) is 6.54 Å². The van der Waals surface area contributed by atoms with E-state index in [0.717, 1.165) is 41.0 Å². The predicted molar refractivity (Wildman–Crippen MR) is 72.8 cm³/mol. The summed E-state index contributed by atoms with van der Waals surface area (Å²) in [6.45, 7) is 6.38. The SMILES string of the molecule is Cc1c2c(c(C(O)CN)c3c1OC(C)C3)OC(C)C2.